The molecule has 25 heavy (non-hydrogen) atoms. The lowest BCUT2D eigenvalue weighted by molar-refractivity contribution is -0.160. The smallest absolute Gasteiger partial charge is 0.313 e. The van der Waals surface area contributed by atoms with E-state index in [1.807, 2.05) is 0 Å². The fraction of sp³-hybridized carbons (Fsp3) is 0.579. The van der Waals surface area contributed by atoms with E-state index in [4.69, 9.17) is 21.1 Å². The largest absolute Gasteiger partial charge is 0.492 e. The molecule has 2 atom stereocenters. The molecule has 1 aliphatic carbocycles. The van der Waals surface area contributed by atoms with Crippen molar-refractivity contribution in [1.82, 2.24) is 5.32 Å². The first-order chi connectivity index (χ1) is 12.0. The van der Waals surface area contributed by atoms with E-state index in [0.717, 1.165) is 37.0 Å². The van der Waals surface area contributed by atoms with E-state index in [1.165, 1.54) is 6.42 Å². The summed E-state index contributed by atoms with van der Waals surface area (Å²) in [5, 5.41) is 3.59. The Morgan fingerprint density at radius 1 is 1.28 bits per heavy atom. The normalized spacial score (nSPS) is 21.6. The van der Waals surface area contributed by atoms with Crippen LogP contribution < -0.4 is 10.1 Å². The van der Waals surface area contributed by atoms with Crippen molar-refractivity contribution in [2.45, 2.75) is 57.6 Å². The molecule has 136 valence electrons. The number of esters is 1. The van der Waals surface area contributed by atoms with Gasteiger partial charge in [-0.25, -0.2) is 0 Å². The molecule has 1 N–H and O–H groups in total. The van der Waals surface area contributed by atoms with Gasteiger partial charge in [0, 0.05) is 11.1 Å². The van der Waals surface area contributed by atoms with Gasteiger partial charge in [0.05, 0.1) is 5.92 Å². The van der Waals surface area contributed by atoms with Crippen LogP contribution >= 0.6 is 11.6 Å². The zero-order valence-corrected chi connectivity index (χ0v) is 15.2. The minimum Gasteiger partial charge on any atom is -0.492 e. The predicted molar refractivity (Wildman–Crippen MR) is 94.7 cm³/mol. The average molecular weight is 366 g/mol. The van der Waals surface area contributed by atoms with Gasteiger partial charge in [0.1, 0.15) is 12.4 Å². The number of ether oxygens (including phenoxy) is 2. The van der Waals surface area contributed by atoms with Crippen molar-refractivity contribution in [3.05, 3.63) is 28.8 Å². The molecule has 1 aromatic rings. The molecule has 1 heterocycles. The molecule has 1 aromatic carbocycles. The SMILES string of the molecule is C[C@@H](OC(=O)[C@@H]1COc2ccc(Cl)cc2C1)C(=O)NC1CCCCC1. The summed E-state index contributed by atoms with van der Waals surface area (Å²) in [4.78, 5) is 24.6. The molecule has 1 aliphatic heterocycles. The lowest BCUT2D eigenvalue weighted by atomic mass is 9.95. The Morgan fingerprint density at radius 3 is 2.80 bits per heavy atom. The van der Waals surface area contributed by atoms with E-state index < -0.39 is 18.0 Å². The van der Waals surface area contributed by atoms with Gasteiger partial charge in [0.25, 0.3) is 5.91 Å². The molecule has 0 spiro atoms. The fourth-order valence-electron chi connectivity index (χ4n) is 3.40. The summed E-state index contributed by atoms with van der Waals surface area (Å²) in [6.07, 6.45) is 5.22. The number of halogens is 1. The first kappa shape index (κ1) is 18.1. The van der Waals surface area contributed by atoms with E-state index in [9.17, 15) is 9.59 Å². The average Bonchev–Trinajstić information content (AvgIpc) is 2.61. The summed E-state index contributed by atoms with van der Waals surface area (Å²) in [6.45, 7) is 1.87. The van der Waals surface area contributed by atoms with Gasteiger partial charge in [-0.2, -0.15) is 0 Å². The zero-order valence-electron chi connectivity index (χ0n) is 14.4. The summed E-state index contributed by atoms with van der Waals surface area (Å²) in [5.74, 6) is -0.301. The monoisotopic (exact) mass is 365 g/mol. The van der Waals surface area contributed by atoms with Crippen LogP contribution in [0, 0.1) is 5.92 Å². The van der Waals surface area contributed by atoms with Crippen LogP contribution in [0.2, 0.25) is 5.02 Å². The van der Waals surface area contributed by atoms with Gasteiger partial charge in [0.2, 0.25) is 0 Å². The van der Waals surface area contributed by atoms with Crippen molar-refractivity contribution in [2.24, 2.45) is 5.92 Å². The highest BCUT2D eigenvalue weighted by Gasteiger charge is 2.30. The Bertz CT molecular complexity index is 642. The third kappa shape index (κ3) is 4.66. The minimum absolute atomic E-state index is 0.203. The van der Waals surface area contributed by atoms with Crippen molar-refractivity contribution >= 4 is 23.5 Å². The molecule has 5 nitrogen and oxygen atoms in total. The molecular weight excluding hydrogens is 342 g/mol. The van der Waals surface area contributed by atoms with E-state index in [2.05, 4.69) is 5.32 Å². The first-order valence-electron chi connectivity index (χ1n) is 8.95. The van der Waals surface area contributed by atoms with Crippen LogP contribution in [0.15, 0.2) is 18.2 Å². The van der Waals surface area contributed by atoms with Crippen molar-refractivity contribution in [3.63, 3.8) is 0 Å². The van der Waals surface area contributed by atoms with Crippen LogP contribution in [0.25, 0.3) is 0 Å². The number of rotatable bonds is 4. The fourth-order valence-corrected chi connectivity index (χ4v) is 3.60. The van der Waals surface area contributed by atoms with Gasteiger partial charge in [-0.1, -0.05) is 30.9 Å². The van der Waals surface area contributed by atoms with Crippen LogP contribution in [0.1, 0.15) is 44.6 Å². The van der Waals surface area contributed by atoms with E-state index in [-0.39, 0.29) is 18.6 Å². The third-order valence-electron chi connectivity index (χ3n) is 4.88. The first-order valence-corrected chi connectivity index (χ1v) is 9.33. The molecule has 1 fully saturated rings. The van der Waals surface area contributed by atoms with Gasteiger partial charge in [0.15, 0.2) is 6.10 Å². The molecule has 0 bridgehead atoms. The summed E-state index contributed by atoms with van der Waals surface area (Å²) in [7, 11) is 0. The maximum atomic E-state index is 12.4. The molecule has 1 saturated carbocycles. The summed E-state index contributed by atoms with van der Waals surface area (Å²) in [5.41, 5.74) is 0.889. The van der Waals surface area contributed by atoms with Crippen LogP contribution in [-0.2, 0) is 20.7 Å². The quantitative estimate of drug-likeness (QED) is 0.832. The molecular formula is C19H24ClNO4. The Hall–Kier alpha value is -1.75. The van der Waals surface area contributed by atoms with Gasteiger partial charge in [-0.05, 0) is 49.9 Å². The molecule has 0 saturated heterocycles. The van der Waals surface area contributed by atoms with Crippen molar-refractivity contribution in [1.29, 1.82) is 0 Å². The van der Waals surface area contributed by atoms with E-state index in [0.29, 0.717) is 11.4 Å². The highest BCUT2D eigenvalue weighted by molar-refractivity contribution is 6.30. The lowest BCUT2D eigenvalue weighted by Crippen LogP contribution is -2.44. The molecule has 1 amide bonds. The van der Waals surface area contributed by atoms with Crippen molar-refractivity contribution < 1.29 is 19.1 Å². The molecule has 0 radical (unpaired) electrons. The standard InChI is InChI=1S/C19H24ClNO4/c1-12(18(22)21-16-5-3-2-4-6-16)25-19(23)14-9-13-10-15(20)7-8-17(13)24-11-14/h7-8,10,12,14,16H,2-6,9,11H2,1H3,(H,21,22)/t12-,14+/m1/s1. The molecule has 6 heteroatoms. The van der Waals surface area contributed by atoms with Crippen LogP contribution in [0.4, 0.5) is 0 Å². The summed E-state index contributed by atoms with van der Waals surface area (Å²) >= 11 is 6.00. The highest BCUT2D eigenvalue weighted by atomic mass is 35.5. The zero-order chi connectivity index (χ0) is 17.8. The second-order valence-electron chi connectivity index (χ2n) is 6.89. The minimum atomic E-state index is -0.796. The number of nitrogens with one attached hydrogen (secondary N) is 1. The summed E-state index contributed by atoms with van der Waals surface area (Å²) < 4.78 is 11.0. The van der Waals surface area contributed by atoms with Crippen LogP contribution in [0.5, 0.6) is 5.75 Å². The van der Waals surface area contributed by atoms with E-state index in [1.54, 1.807) is 25.1 Å². The molecule has 0 unspecified atom stereocenters. The number of hydrogen-bond donors (Lipinski definition) is 1. The van der Waals surface area contributed by atoms with Crippen molar-refractivity contribution in [2.75, 3.05) is 6.61 Å². The number of amides is 1. The highest BCUT2D eigenvalue weighted by Crippen LogP contribution is 2.30. The van der Waals surface area contributed by atoms with Gasteiger partial charge >= 0.3 is 5.97 Å². The predicted octanol–water partition coefficient (Wildman–Crippen LogP) is 3.27. The Kier molecular flexibility index (Phi) is 5.84. The second kappa shape index (κ2) is 8.09. The topological polar surface area (TPSA) is 64.6 Å². The molecule has 3 rings (SSSR count). The Balaban J connectivity index is 1.52. The molecule has 0 aromatic heterocycles. The van der Waals surface area contributed by atoms with Gasteiger partial charge < -0.3 is 14.8 Å². The van der Waals surface area contributed by atoms with E-state index >= 15 is 0 Å². The summed E-state index contributed by atoms with van der Waals surface area (Å²) in [6, 6.07) is 5.57. The van der Waals surface area contributed by atoms with Crippen LogP contribution in [0.3, 0.4) is 0 Å². The lowest BCUT2D eigenvalue weighted by Gasteiger charge is -2.27. The van der Waals surface area contributed by atoms with Gasteiger partial charge in [-0.15, -0.1) is 0 Å². The maximum Gasteiger partial charge on any atom is 0.313 e. The number of carbonyl (C=O) groups excluding carboxylic acids is 2. The number of carbonyl (C=O) groups is 2. The number of fused-ring (bicyclic) bond motifs is 1. The third-order valence-corrected chi connectivity index (χ3v) is 5.11. The molecule has 2 aliphatic rings. The number of benzene rings is 1. The number of hydrogen-bond acceptors (Lipinski definition) is 4. The second-order valence-corrected chi connectivity index (χ2v) is 7.32. The van der Waals surface area contributed by atoms with Crippen molar-refractivity contribution in [3.8, 4) is 5.75 Å². The van der Waals surface area contributed by atoms with Gasteiger partial charge in [-0.3, -0.25) is 9.59 Å². The van der Waals surface area contributed by atoms with Crippen LogP contribution in [-0.4, -0.2) is 30.6 Å². The Labute approximate surface area is 153 Å². The maximum absolute atomic E-state index is 12.4. The Morgan fingerprint density at radius 2 is 2.04 bits per heavy atom.